The molecule has 0 heterocycles. The van der Waals surface area contributed by atoms with Crippen LogP contribution in [-0.2, 0) is 21.0 Å². The minimum atomic E-state index is -1.74. The van der Waals surface area contributed by atoms with E-state index in [-0.39, 0.29) is 0 Å². The molecule has 0 radical (unpaired) electrons. The number of aliphatic hydroxyl groups is 1. The fourth-order valence-electron chi connectivity index (χ4n) is 3.40. The van der Waals surface area contributed by atoms with Gasteiger partial charge in [0.25, 0.3) is 0 Å². The second-order valence-corrected chi connectivity index (χ2v) is 7.84. The Morgan fingerprint density at radius 3 is 2.07 bits per heavy atom. The van der Waals surface area contributed by atoms with Gasteiger partial charge in [-0.05, 0) is 19.3 Å². The summed E-state index contributed by atoms with van der Waals surface area (Å²) in [7, 11) is 0.846. The molecular weight excluding hydrogens is 388 g/mol. The van der Waals surface area contributed by atoms with Crippen molar-refractivity contribution in [1.82, 2.24) is 0 Å². The molecule has 0 saturated heterocycles. The van der Waals surface area contributed by atoms with E-state index in [1.807, 2.05) is 0 Å². The lowest BCUT2D eigenvalue weighted by molar-refractivity contribution is -0.336. The van der Waals surface area contributed by atoms with Crippen LogP contribution in [-0.4, -0.2) is 35.1 Å². The smallest absolute Gasteiger partial charge is 0.310 e. The van der Waals surface area contributed by atoms with E-state index in [1.165, 1.54) is 13.8 Å². The highest BCUT2D eigenvalue weighted by Gasteiger charge is 2.67. The van der Waals surface area contributed by atoms with Crippen molar-refractivity contribution < 1.29 is 47.1 Å². The minimum Gasteiger partial charge on any atom is -0.491 e. The molecule has 10 heteroatoms. The van der Waals surface area contributed by atoms with E-state index in [9.17, 15) is 27.5 Å². The van der Waals surface area contributed by atoms with E-state index in [1.54, 1.807) is 13.8 Å². The van der Waals surface area contributed by atoms with Crippen LogP contribution in [0.5, 0.6) is 5.75 Å². The molecule has 1 aliphatic rings. The van der Waals surface area contributed by atoms with E-state index in [2.05, 4.69) is 9.62 Å². The van der Waals surface area contributed by atoms with Crippen LogP contribution in [0, 0.1) is 40.5 Å². The van der Waals surface area contributed by atoms with Gasteiger partial charge in [0.15, 0.2) is 17.4 Å². The molecule has 2 rings (SSSR count). The van der Waals surface area contributed by atoms with E-state index >= 15 is 0 Å². The van der Waals surface area contributed by atoms with E-state index in [4.69, 9.17) is 9.99 Å². The number of carbonyl (C=O) groups excluding carboxylic acids is 1. The van der Waals surface area contributed by atoms with Gasteiger partial charge >= 0.3 is 5.97 Å². The zero-order chi connectivity index (χ0) is 21.6. The third kappa shape index (κ3) is 3.56. The predicted octanol–water partition coefficient (Wildman–Crippen LogP) is 3.20. The lowest BCUT2D eigenvalue weighted by Gasteiger charge is -2.27. The Morgan fingerprint density at radius 1 is 1.14 bits per heavy atom. The minimum absolute atomic E-state index is 0.679. The molecule has 158 valence electrons. The Balaban J connectivity index is 2.18. The Morgan fingerprint density at radius 2 is 1.64 bits per heavy atom. The number of halogens is 4. The highest BCUT2D eigenvalue weighted by molar-refractivity contribution is 5.78. The van der Waals surface area contributed by atoms with Crippen molar-refractivity contribution in [1.29, 1.82) is 0 Å². The summed E-state index contributed by atoms with van der Waals surface area (Å²) < 4.78 is 64.6. The first-order valence-electron chi connectivity index (χ1n) is 8.39. The number of hydrogen-bond acceptors (Lipinski definition) is 6. The molecule has 1 fully saturated rings. The zero-order valence-corrected chi connectivity index (χ0v) is 16.0. The molecular formula is C18H22F4O6. The molecule has 0 spiro atoms. The first-order chi connectivity index (χ1) is 12.8. The lowest BCUT2D eigenvalue weighted by Crippen LogP contribution is -2.41. The second-order valence-electron chi connectivity index (χ2n) is 7.84. The third-order valence-corrected chi connectivity index (χ3v) is 5.33. The predicted molar refractivity (Wildman–Crippen MR) is 87.2 cm³/mol. The molecule has 0 amide bonds. The summed E-state index contributed by atoms with van der Waals surface area (Å²) in [5.74, 6) is -10.6. The zero-order valence-electron chi connectivity index (χ0n) is 16.0. The Hall–Kier alpha value is -1.91. The number of hydrogen-bond donors (Lipinski definition) is 2. The summed E-state index contributed by atoms with van der Waals surface area (Å²) in [6, 6.07) is 0. The van der Waals surface area contributed by atoms with Crippen molar-refractivity contribution in [3.05, 3.63) is 28.8 Å². The normalized spacial score (nSPS) is 22.0. The quantitative estimate of drug-likeness (QED) is 0.236. The monoisotopic (exact) mass is 410 g/mol. The molecule has 3 atom stereocenters. The summed E-state index contributed by atoms with van der Waals surface area (Å²) in [6.45, 7) is 5.05. The molecule has 3 unspecified atom stereocenters. The van der Waals surface area contributed by atoms with Gasteiger partial charge in [-0.25, -0.2) is 13.7 Å². The van der Waals surface area contributed by atoms with Gasteiger partial charge in [0.1, 0.15) is 12.2 Å². The number of carbonyl (C=O) groups is 1. The molecule has 1 aliphatic carbocycles. The van der Waals surface area contributed by atoms with Crippen molar-refractivity contribution in [3.63, 3.8) is 0 Å². The van der Waals surface area contributed by atoms with E-state index in [0.717, 1.165) is 7.11 Å². The summed E-state index contributed by atoms with van der Waals surface area (Å²) in [4.78, 5) is 16.6. The van der Waals surface area contributed by atoms with Gasteiger partial charge in [-0.2, -0.15) is 8.78 Å². The van der Waals surface area contributed by atoms with Crippen LogP contribution in [0.1, 0.15) is 33.3 Å². The van der Waals surface area contributed by atoms with Crippen LogP contribution in [0.3, 0.4) is 0 Å². The molecule has 0 aromatic heterocycles. The average molecular weight is 410 g/mol. The molecule has 1 saturated carbocycles. The number of aliphatic hydroxyl groups excluding tert-OH is 1. The van der Waals surface area contributed by atoms with Crippen LogP contribution in [0.2, 0.25) is 0 Å². The SMILES string of the molecule is COc1c(F)c(F)c(COC(=O)C2C(C(O)C(C)(C)OO)C2(C)C)c(F)c1F. The first kappa shape index (κ1) is 22.4. The second kappa shape index (κ2) is 7.49. The third-order valence-electron chi connectivity index (χ3n) is 5.33. The standard InChI is InChI=1S/C18H22F4O6/c1-17(2)8(15(23)18(3,4)28-25)9(17)16(24)27-6-7-10(19)12(21)14(26-5)13(22)11(7)20/h8-9,15,23,25H,6H2,1-5H3. The van der Waals surface area contributed by atoms with Crippen molar-refractivity contribution in [2.24, 2.45) is 17.3 Å². The fraction of sp³-hybridized carbons (Fsp3) is 0.611. The molecule has 6 nitrogen and oxygen atoms in total. The van der Waals surface area contributed by atoms with Gasteiger partial charge < -0.3 is 14.6 Å². The number of rotatable bonds is 7. The van der Waals surface area contributed by atoms with Crippen molar-refractivity contribution in [2.75, 3.05) is 7.11 Å². The molecule has 1 aromatic rings. The Kier molecular flexibility index (Phi) is 5.99. The average Bonchev–Trinajstić information content (AvgIpc) is 3.21. The largest absolute Gasteiger partial charge is 0.491 e. The van der Waals surface area contributed by atoms with Crippen LogP contribution in [0.4, 0.5) is 17.6 Å². The number of esters is 1. The maximum atomic E-state index is 14.0. The molecule has 2 N–H and O–H groups in total. The topological polar surface area (TPSA) is 85.2 Å². The molecule has 0 bridgehead atoms. The number of benzene rings is 1. The number of ether oxygens (including phenoxy) is 2. The summed E-state index contributed by atoms with van der Waals surface area (Å²) in [5, 5.41) is 19.3. The van der Waals surface area contributed by atoms with Crippen LogP contribution in [0.25, 0.3) is 0 Å². The Bertz CT molecular complexity index is 751. The van der Waals surface area contributed by atoms with Gasteiger partial charge in [0.2, 0.25) is 11.6 Å². The van der Waals surface area contributed by atoms with Gasteiger partial charge in [0, 0.05) is 5.92 Å². The molecule has 0 aliphatic heterocycles. The van der Waals surface area contributed by atoms with E-state index < -0.39 is 76.1 Å². The van der Waals surface area contributed by atoms with Gasteiger partial charge in [-0.15, -0.1) is 0 Å². The van der Waals surface area contributed by atoms with Gasteiger partial charge in [-0.1, -0.05) is 13.8 Å². The van der Waals surface area contributed by atoms with Crippen LogP contribution < -0.4 is 4.74 Å². The lowest BCUT2D eigenvalue weighted by atomic mass is 9.93. The molecule has 1 aromatic carbocycles. The van der Waals surface area contributed by atoms with Crippen LogP contribution in [0.15, 0.2) is 0 Å². The summed E-state index contributed by atoms with van der Waals surface area (Å²) in [6.07, 6.45) is -1.26. The fourth-order valence-corrected chi connectivity index (χ4v) is 3.40. The molecule has 28 heavy (non-hydrogen) atoms. The summed E-state index contributed by atoms with van der Waals surface area (Å²) >= 11 is 0. The van der Waals surface area contributed by atoms with E-state index in [0.29, 0.717) is 0 Å². The number of methoxy groups -OCH3 is 1. The highest BCUT2D eigenvalue weighted by Crippen LogP contribution is 2.62. The maximum absolute atomic E-state index is 14.0. The van der Waals surface area contributed by atoms with Crippen molar-refractivity contribution >= 4 is 5.97 Å². The van der Waals surface area contributed by atoms with Gasteiger partial charge in [-0.3, -0.25) is 10.1 Å². The van der Waals surface area contributed by atoms with Crippen molar-refractivity contribution in [3.8, 4) is 5.75 Å². The summed E-state index contributed by atoms with van der Waals surface area (Å²) in [5.41, 5.74) is -3.24. The Labute approximate surface area is 158 Å². The van der Waals surface area contributed by atoms with Crippen LogP contribution >= 0.6 is 0 Å². The van der Waals surface area contributed by atoms with Gasteiger partial charge in [0.05, 0.1) is 24.7 Å². The van der Waals surface area contributed by atoms with Crippen molar-refractivity contribution in [2.45, 2.75) is 46.0 Å². The highest BCUT2D eigenvalue weighted by atomic mass is 19.2. The first-order valence-corrected chi connectivity index (χ1v) is 8.39. The maximum Gasteiger partial charge on any atom is 0.310 e.